The average Bonchev–Trinajstić information content (AvgIpc) is 2.95. The molecule has 0 unspecified atom stereocenters. The zero-order valence-electron chi connectivity index (χ0n) is 20.4. The number of amides is 1. The summed E-state index contributed by atoms with van der Waals surface area (Å²) < 4.78 is 19.2. The van der Waals surface area contributed by atoms with Gasteiger partial charge in [-0.3, -0.25) is 10.0 Å². The van der Waals surface area contributed by atoms with Gasteiger partial charge in [0, 0.05) is 17.1 Å². The van der Waals surface area contributed by atoms with E-state index in [2.05, 4.69) is 15.3 Å². The predicted molar refractivity (Wildman–Crippen MR) is 149 cm³/mol. The molecule has 5 aromatic rings. The van der Waals surface area contributed by atoms with E-state index in [0.717, 1.165) is 27.6 Å². The summed E-state index contributed by atoms with van der Waals surface area (Å²) in [6.45, 7) is 0.190. The van der Waals surface area contributed by atoms with Crippen molar-refractivity contribution in [3.8, 4) is 16.9 Å². The number of anilines is 2. The third kappa shape index (κ3) is 6.38. The Kier molecular flexibility index (Phi) is 7.77. The summed E-state index contributed by atoms with van der Waals surface area (Å²) >= 11 is 6.47. The normalized spacial score (nSPS) is 11.1. The lowest BCUT2D eigenvalue weighted by molar-refractivity contribution is -0.124. The highest BCUT2D eigenvalue weighted by atomic mass is 35.5. The number of ether oxygens (including phenoxy) is 1. The average molecular weight is 541 g/mol. The number of hydroxylamine groups is 1. The Hall–Kier alpha value is -4.79. The number of hydrogen-bond acceptors (Lipinski definition) is 6. The first kappa shape index (κ1) is 25.8. The Labute approximate surface area is 228 Å². The predicted octanol–water partition coefficient (Wildman–Crippen LogP) is 6.93. The van der Waals surface area contributed by atoms with Crippen molar-refractivity contribution in [2.45, 2.75) is 6.61 Å². The highest BCUT2D eigenvalue weighted by Gasteiger charge is 2.10. The standard InChI is InChI=1S/C30H22ClFN4O3/c31-26-16-24(9-11-28(26)39-17-20-4-2-6-23(32)14-20)35-30-25-15-22(8-10-27(25)33-18-34-30)21-5-1-3-19(13-21)7-12-29(37)36-38/h1-16,18,38H,17H2,(H,36,37)(H,33,34,35). The smallest absolute Gasteiger partial charge is 0.267 e. The van der Waals surface area contributed by atoms with E-state index in [1.54, 1.807) is 35.8 Å². The fraction of sp³-hybridized carbons (Fsp3) is 0.0333. The molecule has 0 radical (unpaired) electrons. The molecule has 0 aliphatic carbocycles. The quantitative estimate of drug-likeness (QED) is 0.112. The van der Waals surface area contributed by atoms with Crippen molar-refractivity contribution in [2.24, 2.45) is 0 Å². The number of rotatable bonds is 8. The van der Waals surface area contributed by atoms with E-state index in [9.17, 15) is 9.18 Å². The minimum absolute atomic E-state index is 0.190. The first-order chi connectivity index (χ1) is 19.0. The molecule has 0 fully saturated rings. The number of carbonyl (C=O) groups excluding carboxylic acids is 1. The Balaban J connectivity index is 1.37. The van der Waals surface area contributed by atoms with Crippen LogP contribution in [0.3, 0.4) is 0 Å². The first-order valence-corrected chi connectivity index (χ1v) is 12.3. The van der Waals surface area contributed by atoms with Gasteiger partial charge in [-0.1, -0.05) is 48.0 Å². The van der Waals surface area contributed by atoms with E-state index in [-0.39, 0.29) is 12.4 Å². The second-order valence-corrected chi connectivity index (χ2v) is 8.99. The van der Waals surface area contributed by atoms with Crippen LogP contribution in [0.25, 0.3) is 28.1 Å². The second kappa shape index (κ2) is 11.7. The van der Waals surface area contributed by atoms with Crippen LogP contribution in [0, 0.1) is 5.82 Å². The van der Waals surface area contributed by atoms with Crippen molar-refractivity contribution in [2.75, 3.05) is 5.32 Å². The van der Waals surface area contributed by atoms with Crippen LogP contribution in [0.2, 0.25) is 5.02 Å². The Bertz CT molecular complexity index is 1690. The summed E-state index contributed by atoms with van der Waals surface area (Å²) in [5, 5.41) is 13.2. The largest absolute Gasteiger partial charge is 0.487 e. The van der Waals surface area contributed by atoms with E-state index in [1.165, 1.54) is 24.5 Å². The molecule has 9 heteroatoms. The number of hydrogen-bond donors (Lipinski definition) is 3. The van der Waals surface area contributed by atoms with Crippen molar-refractivity contribution in [1.29, 1.82) is 0 Å². The van der Waals surface area contributed by atoms with Gasteiger partial charge in [0.15, 0.2) is 0 Å². The van der Waals surface area contributed by atoms with Gasteiger partial charge >= 0.3 is 0 Å². The maximum atomic E-state index is 13.4. The van der Waals surface area contributed by atoms with E-state index in [1.807, 2.05) is 48.5 Å². The van der Waals surface area contributed by atoms with E-state index >= 15 is 0 Å². The van der Waals surface area contributed by atoms with Crippen molar-refractivity contribution in [3.63, 3.8) is 0 Å². The molecule has 1 heterocycles. The number of nitrogens with zero attached hydrogens (tertiary/aromatic N) is 2. The summed E-state index contributed by atoms with van der Waals surface area (Å²) in [7, 11) is 0. The minimum atomic E-state index is -0.606. The molecule has 0 spiro atoms. The summed E-state index contributed by atoms with van der Waals surface area (Å²) in [5.74, 6) is 0.151. The Morgan fingerprint density at radius 3 is 2.64 bits per heavy atom. The lowest BCUT2D eigenvalue weighted by Crippen LogP contribution is -2.14. The van der Waals surface area contributed by atoms with E-state index in [4.69, 9.17) is 21.5 Å². The molecular weight excluding hydrogens is 519 g/mol. The zero-order valence-corrected chi connectivity index (χ0v) is 21.2. The van der Waals surface area contributed by atoms with Gasteiger partial charge < -0.3 is 10.1 Å². The van der Waals surface area contributed by atoms with Gasteiger partial charge in [-0.2, -0.15) is 0 Å². The summed E-state index contributed by atoms with van der Waals surface area (Å²) in [6.07, 6.45) is 4.35. The van der Waals surface area contributed by atoms with Gasteiger partial charge in [0.1, 0.15) is 30.3 Å². The fourth-order valence-corrected chi connectivity index (χ4v) is 4.22. The molecule has 194 valence electrons. The van der Waals surface area contributed by atoms with Crippen molar-refractivity contribution in [3.05, 3.63) is 119 Å². The van der Waals surface area contributed by atoms with Gasteiger partial charge in [0.2, 0.25) is 0 Å². The number of benzene rings is 4. The van der Waals surface area contributed by atoms with Gasteiger partial charge in [0.05, 0.1) is 10.5 Å². The molecule has 7 nitrogen and oxygen atoms in total. The minimum Gasteiger partial charge on any atom is -0.487 e. The summed E-state index contributed by atoms with van der Waals surface area (Å²) in [6, 6.07) is 25.0. The number of halogens is 2. The van der Waals surface area contributed by atoms with Crippen molar-refractivity contribution < 1.29 is 19.1 Å². The van der Waals surface area contributed by atoms with Gasteiger partial charge in [-0.25, -0.2) is 19.8 Å². The third-order valence-electron chi connectivity index (χ3n) is 5.87. The Morgan fingerprint density at radius 1 is 0.974 bits per heavy atom. The monoisotopic (exact) mass is 540 g/mol. The van der Waals surface area contributed by atoms with Crippen LogP contribution in [0.15, 0.2) is 97.3 Å². The second-order valence-electron chi connectivity index (χ2n) is 8.58. The molecule has 0 aliphatic rings. The number of fused-ring (bicyclic) bond motifs is 1. The summed E-state index contributed by atoms with van der Waals surface area (Å²) in [4.78, 5) is 20.1. The Morgan fingerprint density at radius 2 is 1.82 bits per heavy atom. The lowest BCUT2D eigenvalue weighted by Gasteiger charge is -2.12. The topological polar surface area (TPSA) is 96.4 Å². The number of nitrogens with one attached hydrogen (secondary N) is 2. The van der Waals surface area contributed by atoms with Crippen molar-refractivity contribution in [1.82, 2.24) is 15.4 Å². The molecular formula is C30H22ClFN4O3. The van der Waals surface area contributed by atoms with Crippen LogP contribution in [-0.4, -0.2) is 21.1 Å². The molecule has 0 atom stereocenters. The molecule has 4 aromatic carbocycles. The molecule has 3 N–H and O–H groups in total. The zero-order chi connectivity index (χ0) is 27.2. The van der Waals surface area contributed by atoms with Crippen LogP contribution in [0.1, 0.15) is 11.1 Å². The maximum Gasteiger partial charge on any atom is 0.267 e. The lowest BCUT2D eigenvalue weighted by atomic mass is 10.0. The van der Waals surface area contributed by atoms with Crippen LogP contribution in [0.4, 0.5) is 15.9 Å². The van der Waals surface area contributed by atoms with Crippen molar-refractivity contribution >= 4 is 46.0 Å². The number of carbonyl (C=O) groups is 1. The molecule has 0 saturated carbocycles. The molecule has 0 saturated heterocycles. The van der Waals surface area contributed by atoms with E-state index in [0.29, 0.717) is 27.8 Å². The number of aromatic nitrogens is 2. The SMILES string of the molecule is O=C(C=Cc1cccc(-c2ccc3ncnc(Nc4ccc(OCc5cccc(F)c5)c(Cl)c4)c3c2)c1)NO. The molecule has 0 aliphatic heterocycles. The highest BCUT2D eigenvalue weighted by Crippen LogP contribution is 2.32. The molecule has 0 bridgehead atoms. The van der Waals surface area contributed by atoms with Gasteiger partial charge in [-0.05, 0) is 76.9 Å². The van der Waals surface area contributed by atoms with E-state index < -0.39 is 5.91 Å². The third-order valence-corrected chi connectivity index (χ3v) is 6.17. The highest BCUT2D eigenvalue weighted by molar-refractivity contribution is 6.32. The van der Waals surface area contributed by atoms with Crippen LogP contribution < -0.4 is 15.5 Å². The van der Waals surface area contributed by atoms with Crippen LogP contribution in [0.5, 0.6) is 5.75 Å². The van der Waals surface area contributed by atoms with Gasteiger partial charge in [-0.15, -0.1) is 0 Å². The molecule has 1 aromatic heterocycles. The summed E-state index contributed by atoms with van der Waals surface area (Å²) in [5.41, 5.74) is 6.40. The molecule has 1 amide bonds. The fourth-order valence-electron chi connectivity index (χ4n) is 3.99. The maximum absolute atomic E-state index is 13.4. The van der Waals surface area contributed by atoms with Crippen LogP contribution >= 0.6 is 11.6 Å². The van der Waals surface area contributed by atoms with Gasteiger partial charge in [0.25, 0.3) is 5.91 Å². The van der Waals surface area contributed by atoms with Crippen LogP contribution in [-0.2, 0) is 11.4 Å². The molecule has 5 rings (SSSR count). The molecule has 39 heavy (non-hydrogen) atoms. The first-order valence-electron chi connectivity index (χ1n) is 11.9.